The maximum atomic E-state index is 15.2. The van der Waals surface area contributed by atoms with E-state index in [-0.39, 0.29) is 29.5 Å². The lowest BCUT2D eigenvalue weighted by Crippen LogP contribution is -2.65. The maximum Gasteiger partial charge on any atom is 0.164 e. The molecule has 0 radical (unpaired) electrons. The molecule has 7 heteroatoms. The average molecular weight is 506 g/mol. The molecule has 0 amide bonds. The van der Waals surface area contributed by atoms with E-state index in [1.165, 1.54) is 6.07 Å². The summed E-state index contributed by atoms with van der Waals surface area (Å²) in [5.41, 5.74) is 1.88. The Bertz CT molecular complexity index is 1330. The standard InChI is InChI=1S/C30H36FN3O3/c1-19(22-8-3-4-9-24(22)31)34-17-29(12-14-32-15-13-29)26-23-11-10-21(37-2)16-25(23)33-27(26)30(34,18-35)28(36)20-6-5-7-20/h3-4,8-11,16,19-20,32-33,35H,5-7,12-15,17-18H2,1-2H3/t19?,30-/m0/s1. The van der Waals surface area contributed by atoms with Gasteiger partial charge in [-0.25, -0.2) is 4.39 Å². The van der Waals surface area contributed by atoms with Crippen LogP contribution in [0.5, 0.6) is 5.75 Å². The number of aliphatic hydroxyl groups excluding tert-OH is 1. The summed E-state index contributed by atoms with van der Waals surface area (Å²) in [7, 11) is 1.65. The van der Waals surface area contributed by atoms with Gasteiger partial charge in [0.25, 0.3) is 0 Å². The fourth-order valence-corrected chi connectivity index (χ4v) is 7.13. The largest absolute Gasteiger partial charge is 0.497 e. The van der Waals surface area contributed by atoms with Gasteiger partial charge in [0.2, 0.25) is 0 Å². The molecule has 6 rings (SSSR count). The molecule has 1 saturated heterocycles. The number of nitrogens with one attached hydrogen (secondary N) is 2. The SMILES string of the molecule is COc1ccc2c3c([nH]c2c1)[C@@](CO)(C(=O)C1CCC1)N(C(C)c1ccccc1F)CC31CCNCC1. The number of hydrogen-bond donors (Lipinski definition) is 3. The van der Waals surface area contributed by atoms with Gasteiger partial charge in [-0.05, 0) is 69.5 Å². The second-order valence-electron chi connectivity index (χ2n) is 11.2. The van der Waals surface area contributed by atoms with Crippen molar-refractivity contribution < 1.29 is 19.0 Å². The minimum absolute atomic E-state index is 0.0491. The van der Waals surface area contributed by atoms with Crippen LogP contribution >= 0.6 is 0 Å². The molecule has 196 valence electrons. The Morgan fingerprint density at radius 3 is 2.62 bits per heavy atom. The van der Waals surface area contributed by atoms with E-state index >= 15 is 4.39 Å². The van der Waals surface area contributed by atoms with Crippen LogP contribution in [-0.4, -0.2) is 54.1 Å². The van der Waals surface area contributed by atoms with Crippen LogP contribution in [-0.2, 0) is 15.7 Å². The number of aromatic amines is 1. The van der Waals surface area contributed by atoms with Crippen LogP contribution < -0.4 is 10.1 Å². The smallest absolute Gasteiger partial charge is 0.164 e. The zero-order valence-electron chi connectivity index (χ0n) is 21.6. The number of fused-ring (bicyclic) bond motifs is 4. The number of hydrogen-bond acceptors (Lipinski definition) is 5. The summed E-state index contributed by atoms with van der Waals surface area (Å²) in [5.74, 6) is 0.401. The van der Waals surface area contributed by atoms with Gasteiger partial charge in [0.05, 0.1) is 19.4 Å². The van der Waals surface area contributed by atoms with Gasteiger partial charge in [0.1, 0.15) is 17.1 Å². The summed E-state index contributed by atoms with van der Waals surface area (Å²) in [6.45, 7) is 3.93. The van der Waals surface area contributed by atoms with Gasteiger partial charge in [0.15, 0.2) is 5.78 Å². The minimum Gasteiger partial charge on any atom is -0.497 e. The Kier molecular flexibility index (Phi) is 6.13. The summed E-state index contributed by atoms with van der Waals surface area (Å²) in [6, 6.07) is 12.4. The number of carbonyl (C=O) groups excluding carboxylic acids is 1. The first-order valence-corrected chi connectivity index (χ1v) is 13.5. The molecule has 1 saturated carbocycles. The topological polar surface area (TPSA) is 77.6 Å². The van der Waals surface area contributed by atoms with E-state index in [1.807, 2.05) is 25.1 Å². The second-order valence-corrected chi connectivity index (χ2v) is 11.2. The third kappa shape index (κ3) is 3.58. The van der Waals surface area contributed by atoms with Crippen molar-refractivity contribution in [1.82, 2.24) is 15.2 Å². The van der Waals surface area contributed by atoms with Gasteiger partial charge in [-0.15, -0.1) is 0 Å². The van der Waals surface area contributed by atoms with Crippen LogP contribution in [0.4, 0.5) is 4.39 Å². The predicted molar refractivity (Wildman–Crippen MR) is 141 cm³/mol. The summed E-state index contributed by atoms with van der Waals surface area (Å²) < 4.78 is 20.7. The molecule has 1 spiro atoms. The number of methoxy groups -OCH3 is 1. The lowest BCUT2D eigenvalue weighted by atomic mass is 9.62. The van der Waals surface area contributed by atoms with Crippen molar-refractivity contribution in [3.05, 3.63) is 65.1 Å². The zero-order chi connectivity index (χ0) is 25.8. The Morgan fingerprint density at radius 2 is 1.97 bits per heavy atom. The third-order valence-corrected chi connectivity index (χ3v) is 9.41. The van der Waals surface area contributed by atoms with Crippen molar-refractivity contribution >= 4 is 16.7 Å². The van der Waals surface area contributed by atoms with Crippen molar-refractivity contribution in [1.29, 1.82) is 0 Å². The molecular weight excluding hydrogens is 469 g/mol. The molecule has 2 fully saturated rings. The van der Waals surface area contributed by atoms with Gasteiger partial charge >= 0.3 is 0 Å². The van der Waals surface area contributed by atoms with Gasteiger partial charge in [-0.2, -0.15) is 0 Å². The number of H-pyrrole nitrogens is 1. The monoisotopic (exact) mass is 505 g/mol. The maximum absolute atomic E-state index is 15.2. The number of rotatable bonds is 6. The summed E-state index contributed by atoms with van der Waals surface area (Å²) in [6.07, 6.45) is 4.49. The molecule has 2 aliphatic heterocycles. The lowest BCUT2D eigenvalue weighted by molar-refractivity contribution is -0.148. The van der Waals surface area contributed by atoms with E-state index in [9.17, 15) is 9.90 Å². The van der Waals surface area contributed by atoms with Crippen molar-refractivity contribution in [3.63, 3.8) is 0 Å². The number of aliphatic hydroxyl groups is 1. The van der Waals surface area contributed by atoms with Gasteiger partial charge < -0.3 is 20.1 Å². The number of benzene rings is 2. The fourth-order valence-electron chi connectivity index (χ4n) is 7.13. The fraction of sp³-hybridized carbons (Fsp3) is 0.500. The number of nitrogens with zero attached hydrogens (tertiary/aromatic N) is 1. The van der Waals surface area contributed by atoms with Gasteiger partial charge in [-0.3, -0.25) is 9.69 Å². The molecule has 0 bridgehead atoms. The van der Waals surface area contributed by atoms with Crippen molar-refractivity contribution in [2.45, 2.75) is 56.0 Å². The van der Waals surface area contributed by atoms with Crippen LogP contribution in [0.25, 0.3) is 10.9 Å². The quantitative estimate of drug-likeness (QED) is 0.458. The Hall–Kier alpha value is -2.74. The number of halogens is 1. The Balaban J connectivity index is 1.64. The predicted octanol–water partition coefficient (Wildman–Crippen LogP) is 4.57. The Labute approximate surface area is 217 Å². The first kappa shape index (κ1) is 24.6. The number of piperidine rings is 1. The second kappa shape index (κ2) is 9.22. The van der Waals surface area contributed by atoms with Crippen LogP contribution in [0.15, 0.2) is 42.5 Å². The highest BCUT2D eigenvalue weighted by Crippen LogP contribution is 2.54. The molecule has 3 heterocycles. The van der Waals surface area contributed by atoms with E-state index in [0.717, 1.165) is 73.1 Å². The molecule has 2 atom stereocenters. The molecule has 3 aliphatic rings. The van der Waals surface area contributed by atoms with Gasteiger partial charge in [-0.1, -0.05) is 24.6 Å². The van der Waals surface area contributed by atoms with Crippen LogP contribution in [0.3, 0.4) is 0 Å². The molecule has 1 unspecified atom stereocenters. The highest BCUT2D eigenvalue weighted by molar-refractivity contribution is 5.97. The first-order chi connectivity index (χ1) is 17.9. The molecule has 6 nitrogen and oxygen atoms in total. The number of carbonyl (C=O) groups is 1. The Morgan fingerprint density at radius 1 is 1.22 bits per heavy atom. The molecule has 2 aromatic carbocycles. The minimum atomic E-state index is -1.27. The van der Waals surface area contributed by atoms with E-state index in [2.05, 4.69) is 21.3 Å². The number of ether oxygens (including phenoxy) is 1. The molecule has 3 N–H and O–H groups in total. The molecule has 1 aromatic heterocycles. The van der Waals surface area contributed by atoms with E-state index < -0.39 is 11.6 Å². The normalized spacial score (nSPS) is 24.5. The molecule has 1 aliphatic carbocycles. The summed E-state index contributed by atoms with van der Waals surface area (Å²) in [5, 5.41) is 15.8. The number of ketones is 1. The number of Topliss-reactive ketones (excluding diaryl/α,β-unsaturated/α-hetero) is 1. The summed E-state index contributed by atoms with van der Waals surface area (Å²) in [4.78, 5) is 20.2. The highest BCUT2D eigenvalue weighted by Gasteiger charge is 2.59. The van der Waals surface area contributed by atoms with E-state index in [0.29, 0.717) is 12.1 Å². The average Bonchev–Trinajstić information content (AvgIpc) is 3.28. The van der Waals surface area contributed by atoms with Crippen LogP contribution in [0.2, 0.25) is 0 Å². The molecular formula is C30H36FN3O3. The third-order valence-electron chi connectivity index (χ3n) is 9.41. The van der Waals surface area contributed by atoms with Crippen molar-refractivity contribution in [2.24, 2.45) is 5.92 Å². The number of aromatic nitrogens is 1. The highest BCUT2D eigenvalue weighted by atomic mass is 19.1. The van der Waals surface area contributed by atoms with Crippen molar-refractivity contribution in [3.8, 4) is 5.75 Å². The van der Waals surface area contributed by atoms with Crippen LogP contribution in [0.1, 0.15) is 61.9 Å². The van der Waals surface area contributed by atoms with Crippen LogP contribution in [0, 0.1) is 11.7 Å². The van der Waals surface area contributed by atoms with E-state index in [1.54, 1.807) is 19.2 Å². The first-order valence-electron chi connectivity index (χ1n) is 13.5. The lowest BCUT2D eigenvalue weighted by Gasteiger charge is -2.56. The zero-order valence-corrected chi connectivity index (χ0v) is 21.6. The van der Waals surface area contributed by atoms with Gasteiger partial charge in [0, 0.05) is 46.5 Å². The van der Waals surface area contributed by atoms with E-state index in [4.69, 9.17) is 4.74 Å². The molecule has 37 heavy (non-hydrogen) atoms. The van der Waals surface area contributed by atoms with Crippen molar-refractivity contribution in [2.75, 3.05) is 33.4 Å². The molecule has 3 aromatic rings. The summed E-state index contributed by atoms with van der Waals surface area (Å²) >= 11 is 0.